The molecule has 1 aliphatic heterocycles. The van der Waals surface area contributed by atoms with Crippen molar-refractivity contribution in [2.24, 2.45) is 5.73 Å². The Morgan fingerprint density at radius 1 is 1.45 bits per heavy atom. The van der Waals surface area contributed by atoms with Crippen molar-refractivity contribution < 1.29 is 18.0 Å². The Kier molecular flexibility index (Phi) is 3.85. The van der Waals surface area contributed by atoms with Crippen molar-refractivity contribution in [1.29, 1.82) is 0 Å². The normalized spacial score (nSPS) is 21.2. The molecule has 0 saturated carbocycles. The van der Waals surface area contributed by atoms with Gasteiger partial charge in [-0.05, 0) is 13.0 Å². The van der Waals surface area contributed by atoms with E-state index in [0.717, 1.165) is 15.6 Å². The molecule has 2 rings (SSSR count). The van der Waals surface area contributed by atoms with E-state index in [1.807, 2.05) is 0 Å². The van der Waals surface area contributed by atoms with Gasteiger partial charge in [0.15, 0.2) is 0 Å². The molecule has 0 radical (unpaired) electrons. The summed E-state index contributed by atoms with van der Waals surface area (Å²) in [7, 11) is -2.15. The number of amides is 2. The third kappa shape index (κ3) is 2.43. The van der Waals surface area contributed by atoms with Crippen molar-refractivity contribution in [3.63, 3.8) is 0 Å². The first kappa shape index (κ1) is 14.9. The number of hydrogen-bond acceptors (Lipinski definition) is 5. The smallest absolute Gasteiger partial charge is 0.253 e. The Labute approximate surface area is 121 Å². The largest absolute Gasteiger partial charge is 0.366 e. The summed E-state index contributed by atoms with van der Waals surface area (Å²) in [4.78, 5) is 24.4. The first-order valence-electron chi connectivity index (χ1n) is 5.90. The van der Waals surface area contributed by atoms with Gasteiger partial charge in [-0.2, -0.15) is 4.31 Å². The molecule has 0 aliphatic carbocycles. The first-order valence-corrected chi connectivity index (χ1v) is 8.22. The number of thiophene rings is 1. The monoisotopic (exact) mass is 317 g/mol. The van der Waals surface area contributed by atoms with E-state index in [0.29, 0.717) is 6.54 Å². The molecule has 1 atom stereocenters. The molecule has 1 saturated heterocycles. The van der Waals surface area contributed by atoms with Gasteiger partial charge < -0.3 is 10.6 Å². The molecule has 2 amide bonds. The first-order chi connectivity index (χ1) is 9.25. The fraction of sp³-hybridized carbons (Fsp3) is 0.455. The van der Waals surface area contributed by atoms with Crippen LogP contribution in [-0.4, -0.2) is 55.6 Å². The van der Waals surface area contributed by atoms with Crippen LogP contribution in [0.4, 0.5) is 0 Å². The second-order valence-corrected chi connectivity index (χ2v) is 7.60. The number of nitrogens with zero attached hydrogens (tertiary/aromatic N) is 2. The summed E-state index contributed by atoms with van der Waals surface area (Å²) in [5.41, 5.74) is 5.27. The Balaban J connectivity index is 2.34. The highest BCUT2D eigenvalue weighted by molar-refractivity contribution is 7.91. The van der Waals surface area contributed by atoms with Crippen molar-refractivity contribution in [2.75, 3.05) is 20.1 Å². The predicted molar refractivity (Wildman–Crippen MR) is 73.8 cm³/mol. The average Bonchev–Trinajstić information content (AvgIpc) is 2.86. The number of likely N-dealkylation sites (N-methyl/N-ethyl adjacent to an activating group) is 1. The van der Waals surface area contributed by atoms with Crippen LogP contribution in [0.15, 0.2) is 15.7 Å². The van der Waals surface area contributed by atoms with Crippen LogP contribution in [0.1, 0.15) is 17.3 Å². The maximum absolute atomic E-state index is 12.5. The van der Waals surface area contributed by atoms with Crippen LogP contribution in [0.2, 0.25) is 0 Å². The van der Waals surface area contributed by atoms with Crippen LogP contribution < -0.4 is 5.73 Å². The van der Waals surface area contributed by atoms with Gasteiger partial charge in [0, 0.05) is 25.5 Å². The lowest BCUT2D eigenvalue weighted by Gasteiger charge is -2.35. The molecule has 1 aliphatic rings. The molecule has 110 valence electrons. The maximum Gasteiger partial charge on any atom is 0.253 e. The lowest BCUT2D eigenvalue weighted by atomic mass is 10.2. The van der Waals surface area contributed by atoms with Gasteiger partial charge in [-0.1, -0.05) is 0 Å². The van der Waals surface area contributed by atoms with Gasteiger partial charge >= 0.3 is 0 Å². The average molecular weight is 317 g/mol. The Hall–Kier alpha value is -1.45. The number of nitrogens with two attached hydrogens (primary N) is 1. The van der Waals surface area contributed by atoms with Gasteiger partial charge in [-0.15, -0.1) is 11.3 Å². The highest BCUT2D eigenvalue weighted by Crippen LogP contribution is 2.26. The number of piperazine rings is 1. The molecule has 1 aromatic heterocycles. The van der Waals surface area contributed by atoms with Crippen molar-refractivity contribution in [2.45, 2.75) is 17.2 Å². The lowest BCUT2D eigenvalue weighted by molar-refractivity contribution is -0.136. The number of carbonyl (C=O) groups excluding carboxylic acids is 2. The molecule has 0 spiro atoms. The van der Waals surface area contributed by atoms with Gasteiger partial charge in [0.05, 0.1) is 5.56 Å². The Bertz CT molecular complexity index is 652. The summed E-state index contributed by atoms with van der Waals surface area (Å²) in [5.74, 6) is -0.920. The lowest BCUT2D eigenvalue weighted by Crippen LogP contribution is -2.56. The van der Waals surface area contributed by atoms with E-state index in [1.165, 1.54) is 16.3 Å². The number of primary amides is 1. The molecule has 1 fully saturated rings. The van der Waals surface area contributed by atoms with Crippen LogP contribution in [-0.2, 0) is 14.8 Å². The molecule has 0 bridgehead atoms. The van der Waals surface area contributed by atoms with E-state index in [2.05, 4.69) is 0 Å². The van der Waals surface area contributed by atoms with Crippen LogP contribution in [0, 0.1) is 0 Å². The van der Waals surface area contributed by atoms with E-state index >= 15 is 0 Å². The highest BCUT2D eigenvalue weighted by Gasteiger charge is 2.38. The summed E-state index contributed by atoms with van der Waals surface area (Å²) in [6.45, 7) is 2.13. The van der Waals surface area contributed by atoms with Crippen molar-refractivity contribution in [3.8, 4) is 0 Å². The fourth-order valence-electron chi connectivity index (χ4n) is 2.02. The van der Waals surface area contributed by atoms with Crippen molar-refractivity contribution >= 4 is 33.2 Å². The van der Waals surface area contributed by atoms with E-state index in [4.69, 9.17) is 5.73 Å². The maximum atomic E-state index is 12.5. The molecule has 20 heavy (non-hydrogen) atoms. The molecular weight excluding hydrogens is 302 g/mol. The second-order valence-electron chi connectivity index (χ2n) is 4.57. The van der Waals surface area contributed by atoms with Gasteiger partial charge in [0.2, 0.25) is 11.8 Å². The minimum absolute atomic E-state index is 0.0236. The van der Waals surface area contributed by atoms with Gasteiger partial charge in [-0.3, -0.25) is 9.59 Å². The molecular formula is C11H15N3O4S2. The summed E-state index contributed by atoms with van der Waals surface area (Å²) < 4.78 is 26.2. The van der Waals surface area contributed by atoms with Gasteiger partial charge in [0.25, 0.3) is 10.0 Å². The van der Waals surface area contributed by atoms with Crippen molar-refractivity contribution in [1.82, 2.24) is 9.21 Å². The highest BCUT2D eigenvalue weighted by atomic mass is 32.2. The zero-order valence-corrected chi connectivity index (χ0v) is 12.7. The Morgan fingerprint density at radius 3 is 2.65 bits per heavy atom. The SMILES string of the molecule is CC1C(=O)N(C)CCN1S(=O)(=O)c1cc(C(N)=O)cs1. The number of carbonyl (C=O) groups is 2. The van der Waals surface area contributed by atoms with E-state index < -0.39 is 22.0 Å². The quantitative estimate of drug-likeness (QED) is 0.827. The van der Waals surface area contributed by atoms with E-state index in [-0.39, 0.29) is 22.2 Å². The summed E-state index contributed by atoms with van der Waals surface area (Å²) in [5, 5.41) is 1.40. The number of rotatable bonds is 3. The summed E-state index contributed by atoms with van der Waals surface area (Å²) in [6, 6.07) is 0.496. The molecule has 2 N–H and O–H groups in total. The molecule has 7 nitrogen and oxygen atoms in total. The summed E-state index contributed by atoms with van der Waals surface area (Å²) in [6.07, 6.45) is 0. The molecule has 0 aromatic carbocycles. The third-order valence-electron chi connectivity index (χ3n) is 3.24. The summed E-state index contributed by atoms with van der Waals surface area (Å²) >= 11 is 0.927. The number of hydrogen-bond donors (Lipinski definition) is 1. The second kappa shape index (κ2) is 5.15. The van der Waals surface area contributed by atoms with Crippen molar-refractivity contribution in [3.05, 3.63) is 17.0 Å². The minimum Gasteiger partial charge on any atom is -0.366 e. The van der Waals surface area contributed by atoms with E-state index in [1.54, 1.807) is 14.0 Å². The van der Waals surface area contributed by atoms with Crippen LogP contribution in [0.25, 0.3) is 0 Å². The molecule has 2 heterocycles. The van der Waals surface area contributed by atoms with Crippen LogP contribution in [0.5, 0.6) is 0 Å². The topological polar surface area (TPSA) is 101 Å². The Morgan fingerprint density at radius 2 is 2.10 bits per heavy atom. The molecule has 1 unspecified atom stereocenters. The standard InChI is InChI=1S/C11H15N3O4S2/c1-7-11(16)13(2)3-4-14(7)20(17,18)9-5-8(6-19-9)10(12)15/h5-7H,3-4H2,1-2H3,(H2,12,15). The minimum atomic E-state index is -3.78. The van der Waals surface area contributed by atoms with E-state index in [9.17, 15) is 18.0 Å². The zero-order valence-electron chi connectivity index (χ0n) is 11.1. The van der Waals surface area contributed by atoms with Crippen LogP contribution in [0.3, 0.4) is 0 Å². The molecule has 1 aromatic rings. The number of sulfonamides is 1. The fourth-order valence-corrected chi connectivity index (χ4v) is 4.90. The van der Waals surface area contributed by atoms with Gasteiger partial charge in [-0.25, -0.2) is 8.42 Å². The zero-order chi connectivity index (χ0) is 15.1. The third-order valence-corrected chi connectivity index (χ3v) is 6.63. The predicted octanol–water partition coefficient (Wildman–Crippen LogP) is -0.302. The molecule has 9 heteroatoms. The van der Waals surface area contributed by atoms with Gasteiger partial charge in [0.1, 0.15) is 10.3 Å². The van der Waals surface area contributed by atoms with Crippen LogP contribution >= 0.6 is 11.3 Å².